The molecule has 0 saturated heterocycles. The first-order valence-corrected chi connectivity index (χ1v) is 6.23. The van der Waals surface area contributed by atoms with Crippen molar-refractivity contribution in [2.24, 2.45) is 0 Å². The van der Waals surface area contributed by atoms with Crippen LogP contribution in [0.3, 0.4) is 0 Å². The van der Waals surface area contributed by atoms with Crippen LogP contribution in [-0.2, 0) is 6.61 Å². The molecule has 0 aromatic heterocycles. The molecule has 0 spiro atoms. The van der Waals surface area contributed by atoms with E-state index in [1.54, 1.807) is 25.1 Å². The Morgan fingerprint density at radius 3 is 2.58 bits per heavy atom. The van der Waals surface area contributed by atoms with Crippen molar-refractivity contribution in [2.75, 3.05) is 0 Å². The lowest BCUT2D eigenvalue weighted by molar-refractivity contribution is 0.189. The van der Waals surface area contributed by atoms with Gasteiger partial charge in [-0.05, 0) is 25.5 Å². The standard InChI is InChI=1S/C16H17FO2/c1-11-6-5-8-14(12(2)18)16(11)19-10-13-7-3-4-9-15(13)17/h3-9,12,18H,10H2,1-2H3. The zero-order chi connectivity index (χ0) is 13.8. The summed E-state index contributed by atoms with van der Waals surface area (Å²) < 4.78 is 19.2. The van der Waals surface area contributed by atoms with E-state index in [1.165, 1.54) is 6.07 Å². The first-order valence-electron chi connectivity index (χ1n) is 6.23. The molecular formula is C16H17FO2. The molecule has 3 heteroatoms. The van der Waals surface area contributed by atoms with Gasteiger partial charge in [0.05, 0.1) is 6.10 Å². The van der Waals surface area contributed by atoms with Gasteiger partial charge < -0.3 is 9.84 Å². The lowest BCUT2D eigenvalue weighted by Gasteiger charge is -2.16. The molecule has 1 atom stereocenters. The Morgan fingerprint density at radius 1 is 1.16 bits per heavy atom. The molecule has 2 aromatic rings. The van der Waals surface area contributed by atoms with E-state index in [-0.39, 0.29) is 12.4 Å². The van der Waals surface area contributed by atoms with E-state index >= 15 is 0 Å². The number of benzene rings is 2. The lowest BCUT2D eigenvalue weighted by Crippen LogP contribution is -2.04. The summed E-state index contributed by atoms with van der Waals surface area (Å²) in [6, 6.07) is 12.1. The zero-order valence-corrected chi connectivity index (χ0v) is 11.1. The van der Waals surface area contributed by atoms with Crippen molar-refractivity contribution in [3.63, 3.8) is 0 Å². The van der Waals surface area contributed by atoms with Gasteiger partial charge in [-0.3, -0.25) is 0 Å². The summed E-state index contributed by atoms with van der Waals surface area (Å²) in [5.41, 5.74) is 2.15. The highest BCUT2D eigenvalue weighted by Crippen LogP contribution is 2.29. The van der Waals surface area contributed by atoms with Crippen molar-refractivity contribution in [3.8, 4) is 5.75 Å². The van der Waals surface area contributed by atoms with Gasteiger partial charge in [-0.15, -0.1) is 0 Å². The first kappa shape index (κ1) is 13.6. The van der Waals surface area contributed by atoms with E-state index in [4.69, 9.17) is 4.74 Å². The molecule has 2 nitrogen and oxygen atoms in total. The third-order valence-corrected chi connectivity index (χ3v) is 3.02. The monoisotopic (exact) mass is 260 g/mol. The predicted octanol–water partition coefficient (Wildman–Crippen LogP) is 3.77. The topological polar surface area (TPSA) is 29.5 Å². The molecule has 1 N–H and O–H groups in total. The molecule has 2 aromatic carbocycles. The van der Waals surface area contributed by atoms with Gasteiger partial charge in [0, 0.05) is 11.1 Å². The van der Waals surface area contributed by atoms with E-state index < -0.39 is 6.10 Å². The molecule has 0 fully saturated rings. The lowest BCUT2D eigenvalue weighted by atomic mass is 10.1. The number of aliphatic hydroxyl groups excluding tert-OH is 1. The second-order valence-electron chi connectivity index (χ2n) is 4.55. The average molecular weight is 260 g/mol. The largest absolute Gasteiger partial charge is 0.488 e. The van der Waals surface area contributed by atoms with Gasteiger partial charge in [0.25, 0.3) is 0 Å². The number of rotatable bonds is 4. The smallest absolute Gasteiger partial charge is 0.129 e. The Morgan fingerprint density at radius 2 is 1.89 bits per heavy atom. The van der Waals surface area contributed by atoms with Crippen molar-refractivity contribution in [1.82, 2.24) is 0 Å². The summed E-state index contributed by atoms with van der Waals surface area (Å²) in [7, 11) is 0. The Kier molecular flexibility index (Phi) is 4.17. The normalized spacial score (nSPS) is 12.2. The molecule has 2 rings (SSSR count). The molecule has 100 valence electrons. The quantitative estimate of drug-likeness (QED) is 0.906. The second-order valence-corrected chi connectivity index (χ2v) is 4.55. The Labute approximate surface area is 112 Å². The van der Waals surface area contributed by atoms with Crippen molar-refractivity contribution < 1.29 is 14.2 Å². The summed E-state index contributed by atoms with van der Waals surface area (Å²) in [6.45, 7) is 3.74. The Balaban J connectivity index is 2.22. The highest BCUT2D eigenvalue weighted by molar-refractivity contribution is 5.42. The second kappa shape index (κ2) is 5.85. The van der Waals surface area contributed by atoms with E-state index in [9.17, 15) is 9.50 Å². The number of halogens is 1. The number of para-hydroxylation sites is 1. The minimum atomic E-state index is -0.615. The molecule has 0 aliphatic rings. The molecule has 0 radical (unpaired) electrons. The van der Waals surface area contributed by atoms with Crippen LogP contribution >= 0.6 is 0 Å². The number of hydrogen-bond acceptors (Lipinski definition) is 2. The van der Waals surface area contributed by atoms with Gasteiger partial charge in [-0.2, -0.15) is 0 Å². The fourth-order valence-corrected chi connectivity index (χ4v) is 1.97. The zero-order valence-electron chi connectivity index (χ0n) is 11.1. The molecule has 0 aliphatic carbocycles. The van der Waals surface area contributed by atoms with Crippen LogP contribution in [0.2, 0.25) is 0 Å². The van der Waals surface area contributed by atoms with E-state index in [2.05, 4.69) is 0 Å². The van der Waals surface area contributed by atoms with Crippen LogP contribution in [0.15, 0.2) is 42.5 Å². The van der Waals surface area contributed by atoms with Crippen LogP contribution in [-0.4, -0.2) is 5.11 Å². The average Bonchev–Trinajstić information content (AvgIpc) is 2.38. The maximum Gasteiger partial charge on any atom is 0.129 e. The molecule has 19 heavy (non-hydrogen) atoms. The van der Waals surface area contributed by atoms with E-state index in [0.717, 1.165) is 11.1 Å². The number of hydrogen-bond donors (Lipinski definition) is 1. The minimum Gasteiger partial charge on any atom is -0.488 e. The molecule has 0 saturated carbocycles. The Hall–Kier alpha value is -1.87. The highest BCUT2D eigenvalue weighted by atomic mass is 19.1. The molecule has 0 bridgehead atoms. The van der Waals surface area contributed by atoms with Crippen molar-refractivity contribution in [3.05, 3.63) is 65.0 Å². The van der Waals surface area contributed by atoms with Gasteiger partial charge in [0.1, 0.15) is 18.2 Å². The summed E-state index contributed by atoms with van der Waals surface area (Å²) >= 11 is 0. The fourth-order valence-electron chi connectivity index (χ4n) is 1.97. The van der Waals surface area contributed by atoms with Crippen LogP contribution in [0.1, 0.15) is 29.7 Å². The third-order valence-electron chi connectivity index (χ3n) is 3.02. The summed E-state index contributed by atoms with van der Waals surface area (Å²) in [5.74, 6) is 0.343. The minimum absolute atomic E-state index is 0.150. The first-order chi connectivity index (χ1) is 9.09. The van der Waals surface area contributed by atoms with Gasteiger partial charge in [0.15, 0.2) is 0 Å². The number of aliphatic hydroxyl groups is 1. The fraction of sp³-hybridized carbons (Fsp3) is 0.250. The molecule has 1 unspecified atom stereocenters. The predicted molar refractivity (Wildman–Crippen MR) is 72.5 cm³/mol. The summed E-state index contributed by atoms with van der Waals surface area (Å²) in [5, 5.41) is 9.73. The van der Waals surface area contributed by atoms with Crippen LogP contribution in [0.4, 0.5) is 4.39 Å². The van der Waals surface area contributed by atoms with E-state index in [0.29, 0.717) is 11.3 Å². The maximum atomic E-state index is 13.5. The van der Waals surface area contributed by atoms with E-state index in [1.807, 2.05) is 25.1 Å². The number of ether oxygens (including phenoxy) is 1. The molecular weight excluding hydrogens is 243 g/mol. The van der Waals surface area contributed by atoms with Gasteiger partial charge in [0.2, 0.25) is 0 Å². The third kappa shape index (κ3) is 3.12. The van der Waals surface area contributed by atoms with Crippen molar-refractivity contribution >= 4 is 0 Å². The van der Waals surface area contributed by atoms with Crippen molar-refractivity contribution in [2.45, 2.75) is 26.6 Å². The molecule has 0 heterocycles. The van der Waals surface area contributed by atoms with Gasteiger partial charge >= 0.3 is 0 Å². The molecule has 0 aliphatic heterocycles. The van der Waals surface area contributed by atoms with Crippen LogP contribution < -0.4 is 4.74 Å². The molecule has 0 amide bonds. The van der Waals surface area contributed by atoms with Gasteiger partial charge in [-0.25, -0.2) is 4.39 Å². The Bertz CT molecular complexity index is 564. The van der Waals surface area contributed by atoms with Crippen LogP contribution in [0.5, 0.6) is 5.75 Å². The summed E-state index contributed by atoms with van der Waals surface area (Å²) in [4.78, 5) is 0. The van der Waals surface area contributed by atoms with Crippen LogP contribution in [0, 0.1) is 12.7 Å². The summed E-state index contributed by atoms with van der Waals surface area (Å²) in [6.07, 6.45) is -0.615. The number of aryl methyl sites for hydroxylation is 1. The van der Waals surface area contributed by atoms with Crippen molar-refractivity contribution in [1.29, 1.82) is 0 Å². The maximum absolute atomic E-state index is 13.5. The highest BCUT2D eigenvalue weighted by Gasteiger charge is 2.12. The SMILES string of the molecule is Cc1cccc(C(C)O)c1OCc1ccccc1F. The van der Waals surface area contributed by atoms with Crippen LogP contribution in [0.25, 0.3) is 0 Å². The van der Waals surface area contributed by atoms with Gasteiger partial charge in [-0.1, -0.05) is 36.4 Å².